The molecule has 0 aliphatic carbocycles. The van der Waals surface area contributed by atoms with E-state index in [1.54, 1.807) is 61.5 Å². The summed E-state index contributed by atoms with van der Waals surface area (Å²) in [7, 11) is 4.55. The highest BCUT2D eigenvalue weighted by Crippen LogP contribution is 2.41. The minimum absolute atomic E-state index is 0.0956. The zero-order valence-electron chi connectivity index (χ0n) is 18.9. The number of allylic oxidation sites excluding steroid dienone is 1. The largest absolute Gasteiger partial charge is 0.496 e. The van der Waals surface area contributed by atoms with Crippen molar-refractivity contribution in [3.8, 4) is 28.7 Å². The fourth-order valence-electron chi connectivity index (χ4n) is 3.57. The highest BCUT2D eigenvalue weighted by Gasteiger charge is 2.31. The van der Waals surface area contributed by atoms with Crippen LogP contribution in [0.5, 0.6) is 28.7 Å². The molecule has 0 unspecified atom stereocenters. The molecule has 3 aromatic rings. The van der Waals surface area contributed by atoms with Crippen LogP contribution in [0, 0.1) is 6.92 Å². The Morgan fingerprint density at radius 3 is 2.26 bits per heavy atom. The van der Waals surface area contributed by atoms with Crippen molar-refractivity contribution in [3.63, 3.8) is 0 Å². The molecule has 0 amide bonds. The van der Waals surface area contributed by atoms with Crippen molar-refractivity contribution >= 4 is 29.4 Å². The molecular formula is C26H21ClO7. The first-order valence-corrected chi connectivity index (χ1v) is 10.6. The van der Waals surface area contributed by atoms with Crippen LogP contribution in [-0.2, 0) is 0 Å². The van der Waals surface area contributed by atoms with E-state index in [4.69, 9.17) is 35.3 Å². The van der Waals surface area contributed by atoms with Crippen molar-refractivity contribution in [2.75, 3.05) is 21.3 Å². The lowest BCUT2D eigenvalue weighted by Crippen LogP contribution is -2.10. The zero-order valence-corrected chi connectivity index (χ0v) is 19.7. The Balaban J connectivity index is 1.66. The second kappa shape index (κ2) is 9.49. The van der Waals surface area contributed by atoms with Crippen molar-refractivity contribution in [2.24, 2.45) is 0 Å². The fraction of sp³-hybridized carbons (Fsp3) is 0.154. The molecule has 174 valence electrons. The highest BCUT2D eigenvalue weighted by atomic mass is 35.5. The molecule has 8 heteroatoms. The maximum absolute atomic E-state index is 13.0. The number of esters is 1. The van der Waals surface area contributed by atoms with Gasteiger partial charge in [0.15, 0.2) is 17.3 Å². The molecule has 0 radical (unpaired) electrons. The first-order valence-electron chi connectivity index (χ1n) is 10.2. The molecular weight excluding hydrogens is 460 g/mol. The van der Waals surface area contributed by atoms with Gasteiger partial charge in [-0.25, -0.2) is 4.79 Å². The summed E-state index contributed by atoms with van der Waals surface area (Å²) in [5, 5.41) is 0.284. The van der Waals surface area contributed by atoms with Gasteiger partial charge in [-0.2, -0.15) is 0 Å². The van der Waals surface area contributed by atoms with Crippen molar-refractivity contribution in [2.45, 2.75) is 6.92 Å². The summed E-state index contributed by atoms with van der Waals surface area (Å²) < 4.78 is 27.5. The van der Waals surface area contributed by atoms with Gasteiger partial charge < -0.3 is 23.7 Å². The van der Waals surface area contributed by atoms with Gasteiger partial charge in [0.2, 0.25) is 5.78 Å². The molecule has 1 aliphatic rings. The van der Waals surface area contributed by atoms with Crippen LogP contribution >= 0.6 is 11.6 Å². The normalized spacial score (nSPS) is 13.3. The molecule has 0 bridgehead atoms. The fourth-order valence-corrected chi connectivity index (χ4v) is 3.78. The average Bonchev–Trinajstić information content (AvgIpc) is 3.16. The summed E-state index contributed by atoms with van der Waals surface area (Å²) in [6.45, 7) is 1.71. The van der Waals surface area contributed by atoms with Crippen molar-refractivity contribution in [3.05, 3.63) is 81.6 Å². The summed E-state index contributed by atoms with van der Waals surface area (Å²) in [4.78, 5) is 25.6. The molecule has 1 aliphatic heterocycles. The quantitative estimate of drug-likeness (QED) is 0.261. The van der Waals surface area contributed by atoms with E-state index in [9.17, 15) is 9.59 Å². The number of fused-ring (bicyclic) bond motifs is 1. The molecule has 0 aromatic heterocycles. The van der Waals surface area contributed by atoms with Gasteiger partial charge in [0.05, 0.1) is 37.5 Å². The van der Waals surface area contributed by atoms with Gasteiger partial charge in [0.1, 0.15) is 17.2 Å². The zero-order chi connectivity index (χ0) is 24.4. The number of halogens is 1. The van der Waals surface area contributed by atoms with Gasteiger partial charge in [-0.1, -0.05) is 23.7 Å². The summed E-state index contributed by atoms with van der Waals surface area (Å²) >= 11 is 6.09. The Morgan fingerprint density at radius 2 is 1.59 bits per heavy atom. The monoisotopic (exact) mass is 480 g/mol. The molecule has 34 heavy (non-hydrogen) atoms. The van der Waals surface area contributed by atoms with Crippen molar-refractivity contribution in [1.82, 2.24) is 0 Å². The number of ether oxygens (including phenoxy) is 5. The summed E-state index contributed by atoms with van der Waals surface area (Å²) in [5.41, 5.74) is 1.68. The van der Waals surface area contributed by atoms with E-state index in [0.29, 0.717) is 39.7 Å². The van der Waals surface area contributed by atoms with Crippen LogP contribution < -0.4 is 23.7 Å². The minimum Gasteiger partial charge on any atom is -0.496 e. The molecule has 0 atom stereocenters. The van der Waals surface area contributed by atoms with Gasteiger partial charge >= 0.3 is 5.97 Å². The number of benzene rings is 3. The molecule has 0 saturated carbocycles. The molecule has 1 heterocycles. The third kappa shape index (κ3) is 4.18. The van der Waals surface area contributed by atoms with Crippen molar-refractivity contribution in [1.29, 1.82) is 0 Å². The smallest absolute Gasteiger partial charge is 0.345 e. The SMILES string of the molecule is COc1cc(OC)c(OC)cc1/C=C1\Oc2c(ccc(OC(=O)c3ccccc3Cl)c2C)C1=O. The molecule has 0 saturated heterocycles. The average molecular weight is 481 g/mol. The van der Waals surface area contributed by atoms with Crippen LogP contribution in [-0.4, -0.2) is 33.1 Å². The number of rotatable bonds is 6. The number of hydrogen-bond acceptors (Lipinski definition) is 7. The molecule has 0 N–H and O–H groups in total. The number of Topliss-reactive ketones (excluding diaryl/α,β-unsaturated/α-hetero) is 1. The summed E-state index contributed by atoms with van der Waals surface area (Å²) in [5.74, 6) is 1.21. The highest BCUT2D eigenvalue weighted by molar-refractivity contribution is 6.33. The first kappa shape index (κ1) is 23.2. The second-order valence-corrected chi connectivity index (χ2v) is 7.73. The Morgan fingerprint density at radius 1 is 0.912 bits per heavy atom. The van der Waals surface area contributed by atoms with E-state index in [2.05, 4.69) is 0 Å². The van der Waals surface area contributed by atoms with E-state index in [1.165, 1.54) is 21.3 Å². The minimum atomic E-state index is -0.608. The van der Waals surface area contributed by atoms with Gasteiger partial charge in [0, 0.05) is 17.2 Å². The number of carbonyl (C=O) groups is 2. The topological polar surface area (TPSA) is 80.3 Å². The van der Waals surface area contributed by atoms with Crippen LogP contribution in [0.4, 0.5) is 0 Å². The van der Waals surface area contributed by atoms with Gasteiger partial charge in [-0.15, -0.1) is 0 Å². The number of methoxy groups -OCH3 is 3. The third-order valence-corrected chi connectivity index (χ3v) is 5.69. The van der Waals surface area contributed by atoms with E-state index in [-0.39, 0.29) is 27.9 Å². The Bertz CT molecular complexity index is 1330. The molecule has 4 rings (SSSR count). The van der Waals surface area contributed by atoms with Crippen LogP contribution in [0.2, 0.25) is 5.02 Å². The molecule has 0 fully saturated rings. The van der Waals surface area contributed by atoms with E-state index in [1.807, 2.05) is 0 Å². The van der Waals surface area contributed by atoms with Gasteiger partial charge in [-0.05, 0) is 43.3 Å². The molecule has 7 nitrogen and oxygen atoms in total. The number of carbonyl (C=O) groups excluding carboxylic acids is 2. The standard InChI is InChI=1S/C26H21ClO7/c1-14-19(34-26(29)16-7-5-6-8-18(16)27)10-9-17-24(28)23(33-25(14)17)12-15-11-21(31-3)22(32-4)13-20(15)30-2/h5-13H,1-4H3/b23-12-. The maximum atomic E-state index is 13.0. The Hall–Kier alpha value is -3.97. The molecule has 0 spiro atoms. The summed E-state index contributed by atoms with van der Waals surface area (Å²) in [6, 6.07) is 13.1. The maximum Gasteiger partial charge on any atom is 0.345 e. The van der Waals surface area contributed by atoms with Gasteiger partial charge in [-0.3, -0.25) is 4.79 Å². The lowest BCUT2D eigenvalue weighted by molar-refractivity contribution is 0.0733. The van der Waals surface area contributed by atoms with E-state index >= 15 is 0 Å². The van der Waals surface area contributed by atoms with Gasteiger partial charge in [0.25, 0.3) is 0 Å². The van der Waals surface area contributed by atoms with Crippen LogP contribution in [0.1, 0.15) is 31.8 Å². The molecule has 3 aromatic carbocycles. The number of ketones is 1. The first-order chi connectivity index (χ1) is 16.4. The Kier molecular flexibility index (Phi) is 6.47. The van der Waals surface area contributed by atoms with Crippen LogP contribution in [0.15, 0.2) is 54.3 Å². The summed E-state index contributed by atoms with van der Waals surface area (Å²) in [6.07, 6.45) is 1.57. The third-order valence-electron chi connectivity index (χ3n) is 5.36. The second-order valence-electron chi connectivity index (χ2n) is 7.32. The van der Waals surface area contributed by atoms with Crippen LogP contribution in [0.25, 0.3) is 6.08 Å². The lowest BCUT2D eigenvalue weighted by atomic mass is 10.1. The predicted molar refractivity (Wildman–Crippen MR) is 127 cm³/mol. The number of hydrogen-bond donors (Lipinski definition) is 0. The lowest BCUT2D eigenvalue weighted by Gasteiger charge is -2.12. The van der Waals surface area contributed by atoms with E-state index in [0.717, 1.165) is 0 Å². The van der Waals surface area contributed by atoms with Crippen LogP contribution in [0.3, 0.4) is 0 Å². The van der Waals surface area contributed by atoms with Crippen molar-refractivity contribution < 1.29 is 33.3 Å². The Labute approximate surface area is 201 Å². The van der Waals surface area contributed by atoms with E-state index < -0.39 is 5.97 Å². The predicted octanol–water partition coefficient (Wildman–Crippen LogP) is 5.51.